The lowest BCUT2D eigenvalue weighted by Crippen LogP contribution is -2.01. The first kappa shape index (κ1) is 28.6. The summed E-state index contributed by atoms with van der Waals surface area (Å²) in [4.78, 5) is 15.3. The molecule has 11 aromatic rings. The van der Waals surface area contributed by atoms with Crippen LogP contribution in [0.3, 0.4) is 0 Å². The van der Waals surface area contributed by atoms with Crippen LogP contribution in [0, 0.1) is 0 Å². The third-order valence-corrected chi connectivity index (χ3v) is 12.2. The molecule has 0 saturated carbocycles. The largest absolute Gasteiger partial charge is 0.309 e. The molecule has 0 bridgehead atoms. The average molecular weight is 687 g/mol. The Hall–Kier alpha value is -6.21. The van der Waals surface area contributed by atoms with Gasteiger partial charge in [-0.15, -0.1) is 22.7 Å². The zero-order chi connectivity index (χ0) is 33.5. The van der Waals surface area contributed by atoms with Crippen LogP contribution < -0.4 is 0 Å². The number of fused-ring (bicyclic) bond motifs is 10. The molecule has 0 aliphatic rings. The van der Waals surface area contributed by atoms with Gasteiger partial charge < -0.3 is 4.57 Å². The maximum absolute atomic E-state index is 5.15. The molecular weight excluding hydrogens is 661 g/mol. The number of rotatable bonds is 4. The number of hydrogen-bond donors (Lipinski definition) is 0. The molecular formula is C45H26N4S2. The molecule has 238 valence electrons. The summed E-state index contributed by atoms with van der Waals surface area (Å²) in [6.07, 6.45) is 0. The van der Waals surface area contributed by atoms with Gasteiger partial charge in [-0.2, -0.15) is 0 Å². The summed E-state index contributed by atoms with van der Waals surface area (Å²) in [5.41, 5.74) is 6.46. The number of thiophene rings is 2. The summed E-state index contributed by atoms with van der Waals surface area (Å²) in [5.74, 6) is 1.99. The van der Waals surface area contributed by atoms with Gasteiger partial charge in [0, 0.05) is 67.8 Å². The van der Waals surface area contributed by atoms with Gasteiger partial charge in [-0.25, -0.2) is 15.0 Å². The molecule has 0 amide bonds. The van der Waals surface area contributed by atoms with Crippen molar-refractivity contribution in [2.75, 3.05) is 0 Å². The van der Waals surface area contributed by atoms with E-state index in [9.17, 15) is 0 Å². The fourth-order valence-electron chi connectivity index (χ4n) is 7.64. The molecule has 0 fully saturated rings. The first-order valence-corrected chi connectivity index (χ1v) is 18.6. The van der Waals surface area contributed by atoms with Crippen molar-refractivity contribution >= 4 is 84.8 Å². The Morgan fingerprint density at radius 2 is 0.941 bits per heavy atom. The summed E-state index contributed by atoms with van der Waals surface area (Å²) in [5, 5.41) is 7.63. The van der Waals surface area contributed by atoms with Gasteiger partial charge in [0.15, 0.2) is 17.5 Å². The van der Waals surface area contributed by atoms with E-state index in [4.69, 9.17) is 15.0 Å². The van der Waals surface area contributed by atoms with Crippen LogP contribution in [0.2, 0.25) is 0 Å². The normalized spacial score (nSPS) is 11.9. The number of para-hydroxylation sites is 1. The Kier molecular flexibility index (Phi) is 6.26. The quantitative estimate of drug-likeness (QED) is 0.185. The van der Waals surface area contributed by atoms with Crippen molar-refractivity contribution in [2.24, 2.45) is 0 Å². The highest BCUT2D eigenvalue weighted by Crippen LogP contribution is 2.47. The Bertz CT molecular complexity index is 3080. The van der Waals surface area contributed by atoms with Crippen molar-refractivity contribution in [3.63, 3.8) is 0 Å². The maximum atomic E-state index is 5.15. The highest BCUT2D eigenvalue weighted by molar-refractivity contribution is 7.26. The summed E-state index contributed by atoms with van der Waals surface area (Å²) in [6, 6.07) is 55.8. The van der Waals surface area contributed by atoms with Crippen LogP contribution in [-0.2, 0) is 0 Å². The second-order valence-electron chi connectivity index (χ2n) is 12.8. The van der Waals surface area contributed by atoms with Gasteiger partial charge in [0.2, 0.25) is 0 Å². The zero-order valence-electron chi connectivity index (χ0n) is 27.1. The van der Waals surface area contributed by atoms with Crippen molar-refractivity contribution < 1.29 is 0 Å². The third-order valence-electron chi connectivity index (χ3n) is 9.86. The molecule has 0 spiro atoms. The Balaban J connectivity index is 1.24. The van der Waals surface area contributed by atoms with Crippen molar-refractivity contribution in [3.05, 3.63) is 158 Å². The first-order valence-electron chi connectivity index (χ1n) is 17.0. The molecule has 4 nitrogen and oxygen atoms in total. The zero-order valence-corrected chi connectivity index (χ0v) is 28.7. The van der Waals surface area contributed by atoms with E-state index in [0.29, 0.717) is 17.5 Å². The Labute approximate surface area is 300 Å². The van der Waals surface area contributed by atoms with Crippen LogP contribution in [-0.4, -0.2) is 19.5 Å². The molecule has 0 unspecified atom stereocenters. The number of hydrogen-bond acceptors (Lipinski definition) is 5. The topological polar surface area (TPSA) is 43.6 Å². The molecule has 0 radical (unpaired) electrons. The highest BCUT2D eigenvalue weighted by atomic mass is 32.1. The van der Waals surface area contributed by atoms with Gasteiger partial charge in [-0.1, -0.05) is 115 Å². The predicted octanol–water partition coefficient (Wildman–Crippen LogP) is 12.7. The van der Waals surface area contributed by atoms with E-state index < -0.39 is 0 Å². The lowest BCUT2D eigenvalue weighted by molar-refractivity contribution is 1.08. The standard InChI is InChI=1S/C45H26N4S2/c1-3-13-27(14-4-1)43-46-44(28-15-5-2-6-16-28)48-45(47-43)32-23-24-35(40-30-18-8-12-22-37(30)51-42(32)40)49-33-20-10-7-17-29(33)39-34(49)25-26-38-41(39)31-19-9-11-21-36(31)50-38/h1-26H. The highest BCUT2D eigenvalue weighted by Gasteiger charge is 2.23. The van der Waals surface area contributed by atoms with Crippen molar-refractivity contribution in [1.82, 2.24) is 19.5 Å². The first-order chi connectivity index (χ1) is 25.3. The van der Waals surface area contributed by atoms with Crippen molar-refractivity contribution in [1.29, 1.82) is 0 Å². The maximum Gasteiger partial charge on any atom is 0.165 e. The van der Waals surface area contributed by atoms with E-state index in [1.54, 1.807) is 11.3 Å². The van der Waals surface area contributed by atoms with Crippen LogP contribution in [0.25, 0.3) is 102 Å². The monoisotopic (exact) mass is 686 g/mol. The van der Waals surface area contributed by atoms with E-state index in [1.807, 2.05) is 47.7 Å². The van der Waals surface area contributed by atoms with Crippen LogP contribution in [0.1, 0.15) is 0 Å². The minimum Gasteiger partial charge on any atom is -0.309 e. The van der Waals surface area contributed by atoms with Gasteiger partial charge in [-0.05, 0) is 42.5 Å². The fraction of sp³-hybridized carbons (Fsp3) is 0. The van der Waals surface area contributed by atoms with Gasteiger partial charge in [0.25, 0.3) is 0 Å². The second kappa shape index (κ2) is 11.2. The molecule has 51 heavy (non-hydrogen) atoms. The average Bonchev–Trinajstić information content (AvgIpc) is 3.88. The van der Waals surface area contributed by atoms with Crippen LogP contribution in [0.4, 0.5) is 0 Å². The molecule has 0 aliphatic carbocycles. The predicted molar refractivity (Wildman–Crippen MR) is 216 cm³/mol. The lowest BCUT2D eigenvalue weighted by Gasteiger charge is -2.13. The SMILES string of the molecule is c1ccc(-c2nc(-c3ccccc3)nc(-c3ccc(-n4c5ccccc5c5c6c(ccc54)sc4ccccc46)c4c3sc3ccccc34)n2)cc1. The van der Waals surface area contributed by atoms with E-state index in [-0.39, 0.29) is 0 Å². The van der Waals surface area contributed by atoms with E-state index in [1.165, 1.54) is 57.5 Å². The molecule has 11 rings (SSSR count). The molecule has 0 saturated heterocycles. The molecule has 0 atom stereocenters. The molecule has 0 N–H and O–H groups in total. The second-order valence-corrected chi connectivity index (χ2v) is 14.9. The minimum atomic E-state index is 0.659. The van der Waals surface area contributed by atoms with E-state index in [2.05, 4.69) is 126 Å². The summed E-state index contributed by atoms with van der Waals surface area (Å²) in [7, 11) is 0. The van der Waals surface area contributed by atoms with Gasteiger partial charge in [-0.3, -0.25) is 0 Å². The summed E-state index contributed by atoms with van der Waals surface area (Å²) >= 11 is 3.67. The van der Waals surface area contributed by atoms with Gasteiger partial charge in [0.1, 0.15) is 0 Å². The van der Waals surface area contributed by atoms with Crippen LogP contribution in [0.5, 0.6) is 0 Å². The van der Waals surface area contributed by atoms with Gasteiger partial charge >= 0.3 is 0 Å². The molecule has 4 aromatic heterocycles. The van der Waals surface area contributed by atoms with Crippen molar-refractivity contribution in [3.8, 4) is 39.9 Å². The van der Waals surface area contributed by atoms with Crippen molar-refractivity contribution in [2.45, 2.75) is 0 Å². The van der Waals surface area contributed by atoms with E-state index >= 15 is 0 Å². The summed E-state index contributed by atoms with van der Waals surface area (Å²) in [6.45, 7) is 0. The number of aromatic nitrogens is 4. The van der Waals surface area contributed by atoms with Gasteiger partial charge in [0.05, 0.1) is 16.7 Å². The molecule has 0 aliphatic heterocycles. The Morgan fingerprint density at radius 1 is 0.373 bits per heavy atom. The summed E-state index contributed by atoms with van der Waals surface area (Å²) < 4.78 is 7.49. The van der Waals surface area contributed by atoms with Crippen LogP contribution >= 0.6 is 22.7 Å². The number of nitrogens with zero attached hydrogens (tertiary/aromatic N) is 4. The fourth-order valence-corrected chi connectivity index (χ4v) is 9.98. The molecule has 7 aromatic carbocycles. The van der Waals surface area contributed by atoms with E-state index in [0.717, 1.165) is 27.1 Å². The number of benzene rings is 7. The minimum absolute atomic E-state index is 0.659. The molecule has 6 heteroatoms. The van der Waals surface area contributed by atoms with Crippen LogP contribution in [0.15, 0.2) is 158 Å². The Morgan fingerprint density at radius 3 is 1.65 bits per heavy atom. The third kappa shape index (κ3) is 4.34. The molecule has 4 heterocycles. The smallest absolute Gasteiger partial charge is 0.165 e. The lowest BCUT2D eigenvalue weighted by atomic mass is 10.0.